The first kappa shape index (κ1) is 12.9. The molecule has 3 fully saturated rings. The van der Waals surface area contributed by atoms with Gasteiger partial charge in [0.1, 0.15) is 0 Å². The fourth-order valence-corrected chi connectivity index (χ4v) is 4.44. The Morgan fingerprint density at radius 1 is 1.17 bits per heavy atom. The summed E-state index contributed by atoms with van der Waals surface area (Å²) in [5.74, 6) is 0.771. The van der Waals surface area contributed by atoms with Crippen LogP contribution in [0.15, 0.2) is 0 Å². The Kier molecular flexibility index (Phi) is 3.92. The quantitative estimate of drug-likeness (QED) is 0.836. The number of ether oxygens (including phenoxy) is 1. The van der Waals surface area contributed by atoms with E-state index in [9.17, 15) is 0 Å². The van der Waals surface area contributed by atoms with Crippen molar-refractivity contribution in [2.45, 2.75) is 76.1 Å². The van der Waals surface area contributed by atoms with E-state index in [0.29, 0.717) is 12.1 Å². The lowest BCUT2D eigenvalue weighted by Crippen LogP contribution is -2.56. The zero-order valence-electron chi connectivity index (χ0n) is 11.7. The zero-order chi connectivity index (χ0) is 12.5. The minimum absolute atomic E-state index is 0.457. The monoisotopic (exact) mass is 252 g/mol. The minimum Gasteiger partial charge on any atom is -0.378 e. The molecule has 0 aromatic carbocycles. The van der Waals surface area contributed by atoms with Gasteiger partial charge >= 0.3 is 0 Å². The van der Waals surface area contributed by atoms with Gasteiger partial charge in [0, 0.05) is 31.3 Å². The van der Waals surface area contributed by atoms with Crippen molar-refractivity contribution >= 4 is 0 Å². The average Bonchev–Trinajstić information content (AvgIpc) is 2.77. The van der Waals surface area contributed by atoms with E-state index in [0.717, 1.165) is 24.6 Å². The van der Waals surface area contributed by atoms with Crippen LogP contribution in [0.3, 0.4) is 0 Å². The standard InChI is InChI=1S/C15H28N2O/c1-2-15-11(6-7-18-15)10-17-13-4-3-5-14(17)9-12(16)8-13/h11-15H,2-10,16H2,1H3. The van der Waals surface area contributed by atoms with Gasteiger partial charge in [-0.2, -0.15) is 0 Å². The first-order valence-electron chi connectivity index (χ1n) is 7.91. The second kappa shape index (κ2) is 5.48. The van der Waals surface area contributed by atoms with Gasteiger partial charge in [0.2, 0.25) is 0 Å². The summed E-state index contributed by atoms with van der Waals surface area (Å²) in [6, 6.07) is 1.99. The second-order valence-electron chi connectivity index (χ2n) is 6.53. The molecule has 3 nitrogen and oxygen atoms in total. The van der Waals surface area contributed by atoms with E-state index in [2.05, 4.69) is 11.8 Å². The van der Waals surface area contributed by atoms with Crippen molar-refractivity contribution in [1.82, 2.24) is 4.90 Å². The molecule has 3 aliphatic rings. The van der Waals surface area contributed by atoms with Crippen molar-refractivity contribution in [2.24, 2.45) is 11.7 Å². The first-order chi connectivity index (χ1) is 8.78. The fourth-order valence-electron chi connectivity index (χ4n) is 4.44. The van der Waals surface area contributed by atoms with Crippen molar-refractivity contribution in [3.05, 3.63) is 0 Å². The molecular formula is C15H28N2O. The van der Waals surface area contributed by atoms with Crippen LogP contribution in [0.5, 0.6) is 0 Å². The molecule has 3 saturated heterocycles. The number of nitrogens with two attached hydrogens (primary N) is 1. The summed E-state index contributed by atoms with van der Waals surface area (Å²) in [5, 5.41) is 0. The molecule has 18 heavy (non-hydrogen) atoms. The fraction of sp³-hybridized carbons (Fsp3) is 1.00. The molecule has 3 heteroatoms. The third kappa shape index (κ3) is 2.45. The number of hydrogen-bond donors (Lipinski definition) is 1. The molecule has 0 amide bonds. The maximum absolute atomic E-state index is 6.20. The van der Waals surface area contributed by atoms with Crippen LogP contribution in [-0.2, 0) is 4.74 Å². The van der Waals surface area contributed by atoms with E-state index in [1.165, 1.54) is 51.5 Å². The van der Waals surface area contributed by atoms with Gasteiger partial charge in [0.15, 0.2) is 0 Å². The topological polar surface area (TPSA) is 38.5 Å². The Bertz CT molecular complexity index is 270. The van der Waals surface area contributed by atoms with E-state index < -0.39 is 0 Å². The smallest absolute Gasteiger partial charge is 0.0613 e. The molecule has 3 rings (SSSR count). The maximum atomic E-state index is 6.20. The third-order valence-corrected chi connectivity index (χ3v) is 5.36. The third-order valence-electron chi connectivity index (χ3n) is 5.36. The molecule has 0 aliphatic carbocycles. The van der Waals surface area contributed by atoms with E-state index in [1.54, 1.807) is 0 Å². The van der Waals surface area contributed by atoms with Crippen LogP contribution < -0.4 is 5.73 Å². The number of nitrogens with zero attached hydrogens (tertiary/aromatic N) is 1. The highest BCUT2D eigenvalue weighted by Gasteiger charge is 2.39. The number of piperidine rings is 2. The van der Waals surface area contributed by atoms with Crippen LogP contribution >= 0.6 is 0 Å². The van der Waals surface area contributed by atoms with Gasteiger partial charge in [-0.25, -0.2) is 0 Å². The molecule has 4 unspecified atom stereocenters. The highest BCUT2D eigenvalue weighted by Crippen LogP contribution is 2.36. The largest absolute Gasteiger partial charge is 0.378 e. The molecule has 104 valence electrons. The van der Waals surface area contributed by atoms with E-state index in [4.69, 9.17) is 10.5 Å². The Morgan fingerprint density at radius 2 is 1.89 bits per heavy atom. The van der Waals surface area contributed by atoms with E-state index >= 15 is 0 Å². The predicted octanol–water partition coefficient (Wildman–Crippen LogP) is 2.15. The van der Waals surface area contributed by atoms with Gasteiger partial charge in [-0.3, -0.25) is 4.90 Å². The van der Waals surface area contributed by atoms with Crippen LogP contribution in [0, 0.1) is 5.92 Å². The van der Waals surface area contributed by atoms with Crippen molar-refractivity contribution in [2.75, 3.05) is 13.2 Å². The van der Waals surface area contributed by atoms with Gasteiger partial charge in [0.05, 0.1) is 6.10 Å². The summed E-state index contributed by atoms with van der Waals surface area (Å²) in [4.78, 5) is 2.80. The molecule has 3 aliphatic heterocycles. The van der Waals surface area contributed by atoms with Crippen LogP contribution in [-0.4, -0.2) is 42.3 Å². The van der Waals surface area contributed by atoms with Crippen LogP contribution in [0.25, 0.3) is 0 Å². The molecule has 0 saturated carbocycles. The molecule has 2 bridgehead atoms. The number of hydrogen-bond acceptors (Lipinski definition) is 3. The highest BCUT2D eigenvalue weighted by atomic mass is 16.5. The molecule has 4 atom stereocenters. The highest BCUT2D eigenvalue weighted by molar-refractivity contribution is 4.95. The summed E-state index contributed by atoms with van der Waals surface area (Å²) in [6.45, 7) is 4.50. The Hall–Kier alpha value is -0.120. The summed E-state index contributed by atoms with van der Waals surface area (Å²) in [7, 11) is 0. The van der Waals surface area contributed by atoms with Crippen molar-refractivity contribution in [3.63, 3.8) is 0 Å². The van der Waals surface area contributed by atoms with Gasteiger partial charge in [-0.15, -0.1) is 0 Å². The zero-order valence-corrected chi connectivity index (χ0v) is 11.7. The van der Waals surface area contributed by atoms with Gasteiger partial charge in [-0.1, -0.05) is 13.3 Å². The first-order valence-corrected chi connectivity index (χ1v) is 7.91. The Morgan fingerprint density at radius 3 is 2.56 bits per heavy atom. The normalized spacial score (nSPS) is 45.3. The predicted molar refractivity (Wildman–Crippen MR) is 73.5 cm³/mol. The molecule has 2 N–H and O–H groups in total. The molecule has 0 aromatic heterocycles. The maximum Gasteiger partial charge on any atom is 0.0613 e. The summed E-state index contributed by atoms with van der Waals surface area (Å²) < 4.78 is 5.85. The summed E-state index contributed by atoms with van der Waals surface area (Å²) in [6.07, 6.45) is 9.55. The summed E-state index contributed by atoms with van der Waals surface area (Å²) in [5.41, 5.74) is 6.20. The molecule has 0 radical (unpaired) electrons. The van der Waals surface area contributed by atoms with Crippen molar-refractivity contribution < 1.29 is 4.74 Å². The van der Waals surface area contributed by atoms with Gasteiger partial charge in [0.25, 0.3) is 0 Å². The van der Waals surface area contributed by atoms with Gasteiger partial charge in [-0.05, 0) is 44.4 Å². The van der Waals surface area contributed by atoms with Crippen LogP contribution in [0.4, 0.5) is 0 Å². The molecular weight excluding hydrogens is 224 g/mol. The lowest BCUT2D eigenvalue weighted by atomic mass is 9.81. The molecule has 0 spiro atoms. The Labute approximate surface area is 111 Å². The van der Waals surface area contributed by atoms with Gasteiger partial charge < -0.3 is 10.5 Å². The molecule has 0 aromatic rings. The van der Waals surface area contributed by atoms with Crippen molar-refractivity contribution in [1.29, 1.82) is 0 Å². The Balaban J connectivity index is 1.64. The second-order valence-corrected chi connectivity index (χ2v) is 6.53. The van der Waals surface area contributed by atoms with Crippen LogP contribution in [0.1, 0.15) is 51.9 Å². The lowest BCUT2D eigenvalue weighted by Gasteiger charge is -2.49. The van der Waals surface area contributed by atoms with E-state index in [1.807, 2.05) is 0 Å². The number of fused-ring (bicyclic) bond motifs is 2. The van der Waals surface area contributed by atoms with Crippen LogP contribution in [0.2, 0.25) is 0 Å². The average molecular weight is 252 g/mol. The molecule has 3 heterocycles. The SMILES string of the molecule is CCC1OCCC1CN1C2CCCC1CC(N)C2. The van der Waals surface area contributed by atoms with E-state index in [-0.39, 0.29) is 0 Å². The lowest BCUT2D eigenvalue weighted by molar-refractivity contribution is 0.00316. The number of rotatable bonds is 3. The minimum atomic E-state index is 0.457. The van der Waals surface area contributed by atoms with Crippen molar-refractivity contribution in [3.8, 4) is 0 Å². The summed E-state index contributed by atoms with van der Waals surface area (Å²) >= 11 is 0.